The van der Waals surface area contributed by atoms with Crippen LogP contribution in [0, 0.1) is 0 Å². The van der Waals surface area contributed by atoms with Gasteiger partial charge in [-0.3, -0.25) is 16.0 Å². The Labute approximate surface area is 129 Å². The van der Waals surface area contributed by atoms with Crippen LogP contribution in [0.3, 0.4) is 0 Å². The number of aryl methyl sites for hydroxylation is 1. The summed E-state index contributed by atoms with van der Waals surface area (Å²) < 4.78 is 7.27. The number of nitrogens with two attached hydrogens (primary N) is 1. The van der Waals surface area contributed by atoms with Crippen LogP contribution in [-0.2, 0) is 13.0 Å². The molecule has 21 heavy (non-hydrogen) atoms. The van der Waals surface area contributed by atoms with Crippen LogP contribution in [0.5, 0.6) is 0 Å². The Morgan fingerprint density at radius 2 is 2.33 bits per heavy atom. The van der Waals surface area contributed by atoms with Gasteiger partial charge >= 0.3 is 0 Å². The summed E-state index contributed by atoms with van der Waals surface area (Å²) in [6.07, 6.45) is 4.92. The van der Waals surface area contributed by atoms with Gasteiger partial charge in [-0.25, -0.2) is 0 Å². The van der Waals surface area contributed by atoms with E-state index in [0.29, 0.717) is 5.02 Å². The zero-order valence-corrected chi connectivity index (χ0v) is 13.2. The van der Waals surface area contributed by atoms with Crippen molar-refractivity contribution in [3.63, 3.8) is 0 Å². The molecule has 0 amide bonds. The number of nitrogens with one attached hydrogen (secondary N) is 1. The molecule has 1 unspecified atom stereocenters. The molecular weight excluding hydrogens is 290 g/mol. The maximum Gasteiger partial charge on any atom is 0.103 e. The normalized spacial score (nSPS) is 13.0. The lowest BCUT2D eigenvalue weighted by Gasteiger charge is -2.19. The predicted molar refractivity (Wildman–Crippen MR) is 82.9 cm³/mol. The van der Waals surface area contributed by atoms with Crippen molar-refractivity contribution in [1.82, 2.24) is 20.1 Å². The number of nitrogens with zero attached hydrogens (tertiary/aromatic N) is 3. The molecule has 0 fully saturated rings. The van der Waals surface area contributed by atoms with Gasteiger partial charge in [0.2, 0.25) is 0 Å². The minimum Gasteiger partial charge on any atom is -0.469 e. The van der Waals surface area contributed by atoms with Crippen molar-refractivity contribution in [1.29, 1.82) is 0 Å². The Kier molecular flexibility index (Phi) is 5.81. The first-order valence-corrected chi connectivity index (χ1v) is 7.34. The fourth-order valence-corrected chi connectivity index (χ4v) is 2.50. The average Bonchev–Trinajstić information content (AvgIpc) is 3.08. The average molecular weight is 312 g/mol. The summed E-state index contributed by atoms with van der Waals surface area (Å²) in [6.45, 7) is 1.66. The van der Waals surface area contributed by atoms with E-state index in [1.54, 1.807) is 12.5 Å². The van der Waals surface area contributed by atoms with Crippen molar-refractivity contribution in [3.8, 4) is 0 Å². The molecule has 2 heterocycles. The van der Waals surface area contributed by atoms with E-state index in [1.165, 1.54) is 0 Å². The summed E-state index contributed by atoms with van der Waals surface area (Å²) in [5.41, 5.74) is 3.76. The lowest BCUT2D eigenvalue weighted by molar-refractivity contribution is 0.358. The third-order valence-corrected chi connectivity index (χ3v) is 3.67. The molecule has 7 heteroatoms. The second-order valence-electron chi connectivity index (χ2n) is 5.24. The van der Waals surface area contributed by atoms with Crippen molar-refractivity contribution < 1.29 is 4.42 Å². The summed E-state index contributed by atoms with van der Waals surface area (Å²) in [6, 6.07) is 3.78. The van der Waals surface area contributed by atoms with Gasteiger partial charge in [0.15, 0.2) is 0 Å². The van der Waals surface area contributed by atoms with Crippen LogP contribution in [0.25, 0.3) is 0 Å². The summed E-state index contributed by atoms with van der Waals surface area (Å²) in [4.78, 5) is 2.10. The molecule has 0 aliphatic rings. The van der Waals surface area contributed by atoms with Gasteiger partial charge in [-0.2, -0.15) is 5.10 Å². The molecule has 0 saturated heterocycles. The molecule has 0 aromatic carbocycles. The Morgan fingerprint density at radius 3 is 2.95 bits per heavy atom. The van der Waals surface area contributed by atoms with E-state index in [9.17, 15) is 0 Å². The Bertz CT molecular complexity index is 538. The molecule has 3 N–H and O–H groups in total. The minimum atomic E-state index is -0.0627. The molecule has 6 nitrogen and oxygen atoms in total. The highest BCUT2D eigenvalue weighted by Gasteiger charge is 2.19. The Hall–Kier alpha value is -1.34. The van der Waals surface area contributed by atoms with Crippen LogP contribution < -0.4 is 11.3 Å². The molecule has 0 radical (unpaired) electrons. The molecule has 1 atom stereocenters. The maximum atomic E-state index is 6.28. The first-order valence-electron chi connectivity index (χ1n) is 6.96. The van der Waals surface area contributed by atoms with Crippen molar-refractivity contribution in [2.24, 2.45) is 5.84 Å². The molecule has 2 aromatic heterocycles. The molecule has 2 rings (SSSR count). The van der Waals surface area contributed by atoms with Gasteiger partial charge in [0.1, 0.15) is 5.76 Å². The highest BCUT2D eigenvalue weighted by Crippen LogP contribution is 2.26. The number of furan rings is 1. The van der Waals surface area contributed by atoms with Crippen molar-refractivity contribution in [2.45, 2.75) is 25.4 Å². The van der Waals surface area contributed by atoms with Crippen LogP contribution in [0.15, 0.2) is 29.0 Å². The van der Waals surface area contributed by atoms with Gasteiger partial charge in [0.05, 0.1) is 35.8 Å². The quantitative estimate of drug-likeness (QED) is 0.575. The van der Waals surface area contributed by atoms with Gasteiger partial charge in [-0.05, 0) is 32.6 Å². The number of halogens is 1. The fraction of sp³-hybridized carbons (Fsp3) is 0.500. The maximum absolute atomic E-state index is 6.28. The van der Waals surface area contributed by atoms with Crippen LogP contribution in [-0.4, -0.2) is 35.3 Å². The number of aromatic nitrogens is 2. The van der Waals surface area contributed by atoms with Crippen LogP contribution in [0.4, 0.5) is 0 Å². The standard InChI is InChI=1S/C14H22ClN5O/c1-19(2)7-8-20-14(12(15)10-17-20)13(18-16)6-5-11-4-3-9-21-11/h3-4,9-10,13,18H,5-8,16H2,1-2H3. The van der Waals surface area contributed by atoms with Crippen LogP contribution in [0.1, 0.15) is 23.9 Å². The lowest BCUT2D eigenvalue weighted by Crippen LogP contribution is -2.31. The Morgan fingerprint density at radius 1 is 1.52 bits per heavy atom. The molecule has 0 aliphatic heterocycles. The first-order chi connectivity index (χ1) is 10.1. The van der Waals surface area contributed by atoms with E-state index >= 15 is 0 Å². The highest BCUT2D eigenvalue weighted by molar-refractivity contribution is 6.31. The van der Waals surface area contributed by atoms with Gasteiger partial charge in [-0.15, -0.1) is 0 Å². The number of likely N-dealkylation sites (N-methyl/N-ethyl adjacent to an activating group) is 1. The minimum absolute atomic E-state index is 0.0627. The summed E-state index contributed by atoms with van der Waals surface area (Å²) in [5, 5.41) is 4.98. The zero-order valence-electron chi connectivity index (χ0n) is 12.4. The topological polar surface area (TPSA) is 72.2 Å². The van der Waals surface area contributed by atoms with Crippen LogP contribution in [0.2, 0.25) is 5.02 Å². The van der Waals surface area contributed by atoms with Crippen molar-refractivity contribution in [2.75, 3.05) is 20.6 Å². The van der Waals surface area contributed by atoms with E-state index < -0.39 is 0 Å². The van der Waals surface area contributed by atoms with Gasteiger partial charge in [0.25, 0.3) is 0 Å². The molecule has 0 aliphatic carbocycles. The van der Waals surface area contributed by atoms with Crippen molar-refractivity contribution >= 4 is 11.6 Å². The van der Waals surface area contributed by atoms with Gasteiger partial charge < -0.3 is 9.32 Å². The van der Waals surface area contributed by atoms with E-state index in [-0.39, 0.29) is 6.04 Å². The Balaban J connectivity index is 2.07. The third kappa shape index (κ3) is 4.31. The molecule has 0 bridgehead atoms. The fourth-order valence-electron chi connectivity index (χ4n) is 2.23. The molecule has 2 aromatic rings. The van der Waals surface area contributed by atoms with E-state index in [0.717, 1.165) is 37.4 Å². The second-order valence-corrected chi connectivity index (χ2v) is 5.65. The monoisotopic (exact) mass is 311 g/mol. The first kappa shape index (κ1) is 16.0. The predicted octanol–water partition coefficient (Wildman–Crippen LogP) is 1.83. The van der Waals surface area contributed by atoms with Gasteiger partial charge in [0, 0.05) is 13.0 Å². The molecule has 116 valence electrons. The van der Waals surface area contributed by atoms with Gasteiger partial charge in [-0.1, -0.05) is 11.6 Å². The number of rotatable bonds is 8. The lowest BCUT2D eigenvalue weighted by atomic mass is 10.1. The van der Waals surface area contributed by atoms with E-state index in [1.807, 2.05) is 30.9 Å². The second kappa shape index (κ2) is 7.61. The van der Waals surface area contributed by atoms with E-state index in [4.69, 9.17) is 21.9 Å². The summed E-state index contributed by atoms with van der Waals surface area (Å²) >= 11 is 6.28. The third-order valence-electron chi connectivity index (χ3n) is 3.38. The smallest absolute Gasteiger partial charge is 0.103 e. The zero-order chi connectivity index (χ0) is 15.2. The summed E-state index contributed by atoms with van der Waals surface area (Å²) in [5.74, 6) is 6.64. The number of hydrazine groups is 1. The van der Waals surface area contributed by atoms with Crippen LogP contribution >= 0.6 is 11.6 Å². The SMILES string of the molecule is CN(C)CCn1ncc(Cl)c1C(CCc1ccco1)NN. The largest absolute Gasteiger partial charge is 0.469 e. The van der Waals surface area contributed by atoms with E-state index in [2.05, 4.69) is 15.4 Å². The van der Waals surface area contributed by atoms with Crippen molar-refractivity contribution in [3.05, 3.63) is 41.1 Å². The molecule has 0 saturated carbocycles. The molecular formula is C14H22ClN5O. The summed E-state index contributed by atoms with van der Waals surface area (Å²) in [7, 11) is 4.06. The number of hydrogen-bond donors (Lipinski definition) is 2. The highest BCUT2D eigenvalue weighted by atomic mass is 35.5. The molecule has 0 spiro atoms. The number of hydrogen-bond acceptors (Lipinski definition) is 5.